The number of aromatic nitrogens is 4. The van der Waals surface area contributed by atoms with Crippen LogP contribution in [0.4, 0.5) is 5.95 Å². The third-order valence-electron chi connectivity index (χ3n) is 4.03. The Labute approximate surface area is 181 Å². The molecule has 7 nitrogen and oxygen atoms in total. The maximum Gasteiger partial charge on any atom is 0.243 e. The molecule has 0 aliphatic heterocycles. The van der Waals surface area contributed by atoms with Gasteiger partial charge in [0.05, 0.1) is 7.11 Å². The molecule has 0 fully saturated rings. The third kappa shape index (κ3) is 4.68. The molecule has 0 bridgehead atoms. The van der Waals surface area contributed by atoms with E-state index in [1.165, 1.54) is 0 Å². The summed E-state index contributed by atoms with van der Waals surface area (Å²) in [6, 6.07) is 9.04. The number of benzene rings is 2. The van der Waals surface area contributed by atoms with E-state index in [0.717, 1.165) is 15.6 Å². The number of rotatable bonds is 8. The Hall–Kier alpha value is -2.03. The highest BCUT2D eigenvalue weighted by Crippen LogP contribution is 2.37. The van der Waals surface area contributed by atoms with Gasteiger partial charge < -0.3 is 14.8 Å². The Balaban J connectivity index is 1.85. The monoisotopic (exact) mass is 485 g/mol. The first kappa shape index (κ1) is 20.7. The number of ether oxygens (including phenoxy) is 2. The number of hydrogen-bond donors (Lipinski definition) is 1. The van der Waals surface area contributed by atoms with Gasteiger partial charge in [-0.2, -0.15) is 0 Å². The molecule has 10 heteroatoms. The second-order valence-electron chi connectivity index (χ2n) is 5.75. The number of tetrazole rings is 1. The van der Waals surface area contributed by atoms with Gasteiger partial charge in [-0.05, 0) is 41.6 Å². The van der Waals surface area contributed by atoms with Crippen LogP contribution < -0.4 is 14.8 Å². The molecule has 0 amide bonds. The minimum atomic E-state index is 0.266. The predicted octanol–water partition coefficient (Wildman–Crippen LogP) is 4.96. The van der Waals surface area contributed by atoms with Gasteiger partial charge in [-0.3, -0.25) is 0 Å². The lowest BCUT2D eigenvalue weighted by Gasteiger charge is -2.17. The van der Waals surface area contributed by atoms with E-state index in [1.807, 2.05) is 25.1 Å². The summed E-state index contributed by atoms with van der Waals surface area (Å²) in [7, 11) is 1.60. The van der Waals surface area contributed by atoms with Crippen LogP contribution in [0.3, 0.4) is 0 Å². The van der Waals surface area contributed by atoms with Gasteiger partial charge >= 0.3 is 0 Å². The van der Waals surface area contributed by atoms with E-state index >= 15 is 0 Å². The zero-order valence-electron chi connectivity index (χ0n) is 15.2. The van der Waals surface area contributed by atoms with Crippen molar-refractivity contribution < 1.29 is 9.47 Å². The number of nitrogens with zero attached hydrogens (tertiary/aromatic N) is 4. The second-order valence-corrected chi connectivity index (χ2v) is 7.45. The molecule has 0 radical (unpaired) electrons. The summed E-state index contributed by atoms with van der Waals surface area (Å²) >= 11 is 15.8. The van der Waals surface area contributed by atoms with E-state index in [-0.39, 0.29) is 6.61 Å². The first-order valence-corrected chi connectivity index (χ1v) is 10.0. The predicted molar refractivity (Wildman–Crippen MR) is 112 cm³/mol. The van der Waals surface area contributed by atoms with Crippen molar-refractivity contribution in [2.75, 3.05) is 12.4 Å². The summed E-state index contributed by atoms with van der Waals surface area (Å²) in [5.74, 6) is 1.79. The van der Waals surface area contributed by atoms with E-state index in [0.29, 0.717) is 40.6 Å². The highest BCUT2D eigenvalue weighted by Gasteiger charge is 2.16. The van der Waals surface area contributed by atoms with Crippen LogP contribution in [0, 0.1) is 0 Å². The summed E-state index contributed by atoms with van der Waals surface area (Å²) in [5.41, 5.74) is 1.69. The van der Waals surface area contributed by atoms with E-state index in [9.17, 15) is 0 Å². The lowest BCUT2D eigenvalue weighted by molar-refractivity contribution is 0.281. The van der Waals surface area contributed by atoms with Crippen LogP contribution in [0.15, 0.2) is 34.8 Å². The Bertz CT molecular complexity index is 967. The normalized spacial score (nSPS) is 10.8. The smallest absolute Gasteiger partial charge is 0.243 e. The molecular weight excluding hydrogens is 469 g/mol. The fourth-order valence-corrected chi connectivity index (χ4v) is 3.48. The number of aryl methyl sites for hydroxylation is 1. The van der Waals surface area contributed by atoms with Crippen molar-refractivity contribution in [3.8, 4) is 11.5 Å². The molecular formula is C18H18BrCl2N5O2. The standard InChI is InChI=1S/C18H18BrCl2N5O2/c1-3-26-18(23-24-25-26)22-9-13-14(19)6-7-16(27-2)17(13)28-10-11-4-5-12(20)8-15(11)21/h4-8H,3,9-10H2,1-2H3,(H,22,23,25). The van der Waals surface area contributed by atoms with Crippen molar-refractivity contribution in [3.63, 3.8) is 0 Å². The molecule has 0 saturated heterocycles. The molecule has 0 aliphatic rings. The van der Waals surface area contributed by atoms with Crippen LogP contribution >= 0.6 is 39.1 Å². The third-order valence-corrected chi connectivity index (χ3v) is 5.36. The van der Waals surface area contributed by atoms with Gasteiger partial charge in [0.2, 0.25) is 5.95 Å². The Morgan fingerprint density at radius 2 is 2.04 bits per heavy atom. The molecule has 148 valence electrons. The lowest BCUT2D eigenvalue weighted by Crippen LogP contribution is -2.10. The largest absolute Gasteiger partial charge is 0.493 e. The molecule has 0 aliphatic carbocycles. The molecule has 28 heavy (non-hydrogen) atoms. The molecule has 0 saturated carbocycles. The molecule has 0 spiro atoms. The first-order valence-electron chi connectivity index (χ1n) is 8.45. The number of anilines is 1. The van der Waals surface area contributed by atoms with Gasteiger partial charge in [-0.1, -0.05) is 50.3 Å². The fraction of sp³-hybridized carbons (Fsp3) is 0.278. The van der Waals surface area contributed by atoms with Gasteiger partial charge in [0, 0.05) is 38.7 Å². The topological polar surface area (TPSA) is 74.1 Å². The quantitative estimate of drug-likeness (QED) is 0.485. The molecule has 1 N–H and O–H groups in total. The molecule has 1 heterocycles. The maximum absolute atomic E-state index is 6.26. The lowest BCUT2D eigenvalue weighted by atomic mass is 10.1. The van der Waals surface area contributed by atoms with Crippen molar-refractivity contribution in [2.24, 2.45) is 0 Å². The summed E-state index contributed by atoms with van der Waals surface area (Å²) < 4.78 is 14.1. The highest BCUT2D eigenvalue weighted by atomic mass is 79.9. The maximum atomic E-state index is 6.26. The summed E-state index contributed by atoms with van der Waals surface area (Å²) in [4.78, 5) is 0. The van der Waals surface area contributed by atoms with Crippen LogP contribution in [0.5, 0.6) is 11.5 Å². The molecule has 1 aromatic heterocycles. The van der Waals surface area contributed by atoms with Crippen LogP contribution in [-0.4, -0.2) is 27.3 Å². The number of methoxy groups -OCH3 is 1. The number of hydrogen-bond acceptors (Lipinski definition) is 6. The van der Waals surface area contributed by atoms with E-state index in [4.69, 9.17) is 32.7 Å². The van der Waals surface area contributed by atoms with Crippen molar-refractivity contribution in [3.05, 3.63) is 56.0 Å². The fourth-order valence-electron chi connectivity index (χ4n) is 2.57. The van der Waals surface area contributed by atoms with Crippen molar-refractivity contribution in [2.45, 2.75) is 26.6 Å². The zero-order valence-corrected chi connectivity index (χ0v) is 18.3. The van der Waals surface area contributed by atoms with Gasteiger partial charge in [0.1, 0.15) is 6.61 Å². The van der Waals surface area contributed by atoms with E-state index in [2.05, 4.69) is 36.8 Å². The van der Waals surface area contributed by atoms with Gasteiger partial charge in [0.15, 0.2) is 11.5 Å². The Morgan fingerprint density at radius 1 is 1.21 bits per heavy atom. The molecule has 3 aromatic rings. The number of halogens is 3. The van der Waals surface area contributed by atoms with E-state index < -0.39 is 0 Å². The van der Waals surface area contributed by atoms with Gasteiger partial charge in [-0.25, -0.2) is 4.68 Å². The summed E-state index contributed by atoms with van der Waals surface area (Å²) in [5, 5.41) is 15.9. The Kier molecular flexibility index (Phi) is 6.98. The summed E-state index contributed by atoms with van der Waals surface area (Å²) in [6.45, 7) is 3.32. The van der Waals surface area contributed by atoms with Crippen molar-refractivity contribution in [1.82, 2.24) is 20.2 Å². The average molecular weight is 487 g/mol. The molecule has 3 rings (SSSR count). The van der Waals surface area contributed by atoms with Crippen molar-refractivity contribution in [1.29, 1.82) is 0 Å². The number of nitrogens with one attached hydrogen (secondary N) is 1. The van der Waals surface area contributed by atoms with Gasteiger partial charge in [0.25, 0.3) is 0 Å². The SMILES string of the molecule is CCn1nnnc1NCc1c(Br)ccc(OC)c1OCc1ccc(Cl)cc1Cl. The van der Waals surface area contributed by atoms with Gasteiger partial charge in [-0.15, -0.1) is 0 Å². The van der Waals surface area contributed by atoms with Crippen LogP contribution in [-0.2, 0) is 19.7 Å². The first-order chi connectivity index (χ1) is 13.5. The molecule has 2 aromatic carbocycles. The van der Waals surface area contributed by atoms with E-state index in [1.54, 1.807) is 23.9 Å². The highest BCUT2D eigenvalue weighted by molar-refractivity contribution is 9.10. The average Bonchev–Trinajstić information content (AvgIpc) is 3.14. The minimum absolute atomic E-state index is 0.266. The van der Waals surface area contributed by atoms with Crippen LogP contribution in [0.25, 0.3) is 0 Å². The second kappa shape index (κ2) is 9.45. The van der Waals surface area contributed by atoms with Crippen molar-refractivity contribution >= 4 is 45.1 Å². The minimum Gasteiger partial charge on any atom is -0.493 e. The summed E-state index contributed by atoms with van der Waals surface area (Å²) in [6.07, 6.45) is 0. The van der Waals surface area contributed by atoms with Crippen LogP contribution in [0.1, 0.15) is 18.1 Å². The van der Waals surface area contributed by atoms with Crippen LogP contribution in [0.2, 0.25) is 10.0 Å². The Morgan fingerprint density at radius 3 is 2.75 bits per heavy atom. The molecule has 0 atom stereocenters. The molecule has 0 unspecified atom stereocenters. The zero-order chi connectivity index (χ0) is 20.1.